The Labute approximate surface area is 105 Å². The molecular weight excluding hydrogens is 230 g/mol. The van der Waals surface area contributed by atoms with Crippen molar-refractivity contribution in [3.05, 3.63) is 45.9 Å². The highest BCUT2D eigenvalue weighted by Crippen LogP contribution is 2.22. The number of benzene rings is 1. The van der Waals surface area contributed by atoms with Gasteiger partial charge in [-0.15, -0.1) is 11.3 Å². The van der Waals surface area contributed by atoms with Crippen LogP contribution in [0, 0.1) is 0 Å². The maximum absolute atomic E-state index is 5.83. The van der Waals surface area contributed by atoms with E-state index in [9.17, 15) is 0 Å². The molecule has 0 aliphatic carbocycles. The largest absolute Gasteiger partial charge is 0.399 e. The van der Waals surface area contributed by atoms with Crippen LogP contribution in [0.4, 0.5) is 5.69 Å². The molecule has 0 atom stereocenters. The van der Waals surface area contributed by atoms with Crippen LogP contribution in [0.1, 0.15) is 16.1 Å². The van der Waals surface area contributed by atoms with Gasteiger partial charge in [-0.25, -0.2) is 4.98 Å². The zero-order chi connectivity index (χ0) is 11.7. The molecule has 0 saturated heterocycles. The molecule has 3 rings (SSSR count). The fourth-order valence-electron chi connectivity index (χ4n) is 2.29. The number of thiazole rings is 1. The first-order chi connectivity index (χ1) is 8.31. The van der Waals surface area contributed by atoms with Gasteiger partial charge >= 0.3 is 0 Å². The lowest BCUT2D eigenvalue weighted by Crippen LogP contribution is -2.30. The van der Waals surface area contributed by atoms with Gasteiger partial charge in [0.25, 0.3) is 0 Å². The normalized spacial score (nSPS) is 15.8. The van der Waals surface area contributed by atoms with Gasteiger partial charge in [-0.3, -0.25) is 4.90 Å². The second-order valence-electron chi connectivity index (χ2n) is 4.41. The minimum atomic E-state index is 0.861. The summed E-state index contributed by atoms with van der Waals surface area (Å²) in [5, 5.41) is 3.22. The number of nitrogens with zero attached hydrogens (tertiary/aromatic N) is 2. The molecule has 1 aliphatic rings. The summed E-state index contributed by atoms with van der Waals surface area (Å²) < 4.78 is 0. The zero-order valence-electron chi connectivity index (χ0n) is 9.60. The van der Waals surface area contributed by atoms with Crippen molar-refractivity contribution in [2.24, 2.45) is 0 Å². The fourth-order valence-corrected chi connectivity index (χ4v) is 2.95. The Balaban J connectivity index is 1.76. The van der Waals surface area contributed by atoms with Gasteiger partial charge in [-0.2, -0.15) is 0 Å². The number of nitrogen functional groups attached to an aromatic ring is 1. The summed E-state index contributed by atoms with van der Waals surface area (Å²) in [5.74, 6) is 0. The van der Waals surface area contributed by atoms with Crippen molar-refractivity contribution >= 4 is 17.0 Å². The molecule has 1 aromatic carbocycles. The summed E-state index contributed by atoms with van der Waals surface area (Å²) in [6, 6.07) is 6.25. The van der Waals surface area contributed by atoms with Crippen molar-refractivity contribution in [1.82, 2.24) is 9.88 Å². The summed E-state index contributed by atoms with van der Waals surface area (Å²) in [4.78, 5) is 6.77. The number of anilines is 1. The Kier molecular flexibility index (Phi) is 2.82. The van der Waals surface area contributed by atoms with Gasteiger partial charge < -0.3 is 5.73 Å². The van der Waals surface area contributed by atoms with Crippen LogP contribution in [0.15, 0.2) is 29.8 Å². The first kappa shape index (κ1) is 10.7. The second kappa shape index (κ2) is 4.47. The Bertz CT molecular complexity index is 507. The highest BCUT2D eigenvalue weighted by atomic mass is 32.1. The molecule has 0 saturated carbocycles. The summed E-state index contributed by atoms with van der Waals surface area (Å²) in [7, 11) is 0. The van der Waals surface area contributed by atoms with Crippen LogP contribution in [-0.4, -0.2) is 16.4 Å². The van der Waals surface area contributed by atoms with E-state index in [0.717, 1.165) is 31.7 Å². The van der Waals surface area contributed by atoms with Crippen molar-refractivity contribution < 1.29 is 0 Å². The van der Waals surface area contributed by atoms with Crippen molar-refractivity contribution in [1.29, 1.82) is 0 Å². The average molecular weight is 245 g/mol. The third kappa shape index (κ3) is 2.33. The molecule has 0 bridgehead atoms. The van der Waals surface area contributed by atoms with E-state index in [2.05, 4.69) is 22.0 Å². The van der Waals surface area contributed by atoms with Crippen molar-refractivity contribution in [3.8, 4) is 0 Å². The molecule has 2 aromatic rings. The lowest BCUT2D eigenvalue weighted by molar-refractivity contribution is 0.245. The molecule has 88 valence electrons. The van der Waals surface area contributed by atoms with Gasteiger partial charge in [-0.1, -0.05) is 6.07 Å². The zero-order valence-corrected chi connectivity index (χ0v) is 10.4. The summed E-state index contributed by atoms with van der Waals surface area (Å²) in [6.45, 7) is 3.04. The van der Waals surface area contributed by atoms with Crippen LogP contribution in [0.2, 0.25) is 0 Å². The van der Waals surface area contributed by atoms with Gasteiger partial charge in [0, 0.05) is 30.4 Å². The standard InChI is InChI=1S/C13H15N3S/c14-12-2-1-10-3-5-16(8-11(10)7-12)9-13-15-4-6-17-13/h1-2,4,6-7H,3,5,8-9,14H2. The van der Waals surface area contributed by atoms with Crippen molar-refractivity contribution in [3.63, 3.8) is 0 Å². The van der Waals surface area contributed by atoms with E-state index < -0.39 is 0 Å². The van der Waals surface area contributed by atoms with E-state index in [1.54, 1.807) is 11.3 Å². The highest BCUT2D eigenvalue weighted by molar-refractivity contribution is 7.09. The number of fused-ring (bicyclic) bond motifs is 1. The number of aromatic nitrogens is 1. The third-order valence-corrected chi connectivity index (χ3v) is 3.93. The number of nitrogens with two attached hydrogens (primary N) is 1. The number of hydrogen-bond acceptors (Lipinski definition) is 4. The minimum Gasteiger partial charge on any atom is -0.399 e. The van der Waals surface area contributed by atoms with E-state index >= 15 is 0 Å². The van der Waals surface area contributed by atoms with Crippen LogP contribution >= 0.6 is 11.3 Å². The minimum absolute atomic E-state index is 0.861. The van der Waals surface area contributed by atoms with E-state index in [-0.39, 0.29) is 0 Å². The molecule has 2 heterocycles. The van der Waals surface area contributed by atoms with Gasteiger partial charge in [0.05, 0.1) is 6.54 Å². The van der Waals surface area contributed by atoms with E-state index in [0.29, 0.717) is 0 Å². The number of rotatable bonds is 2. The van der Waals surface area contributed by atoms with E-state index in [1.807, 2.05) is 17.6 Å². The third-order valence-electron chi connectivity index (χ3n) is 3.16. The molecule has 0 unspecified atom stereocenters. The lowest BCUT2D eigenvalue weighted by atomic mass is 9.99. The predicted octanol–water partition coefficient (Wildman–Crippen LogP) is 2.28. The molecule has 1 aliphatic heterocycles. The van der Waals surface area contributed by atoms with Crippen molar-refractivity contribution in [2.45, 2.75) is 19.5 Å². The molecule has 0 amide bonds. The molecule has 1 aromatic heterocycles. The van der Waals surface area contributed by atoms with Crippen LogP contribution in [-0.2, 0) is 19.5 Å². The Morgan fingerprint density at radius 1 is 1.35 bits per heavy atom. The maximum atomic E-state index is 5.83. The summed E-state index contributed by atoms with van der Waals surface area (Å²) in [6.07, 6.45) is 2.98. The quantitative estimate of drug-likeness (QED) is 0.825. The molecular formula is C13H15N3S. The first-order valence-corrected chi connectivity index (χ1v) is 6.67. The molecule has 3 nitrogen and oxygen atoms in total. The second-order valence-corrected chi connectivity index (χ2v) is 5.39. The molecule has 0 spiro atoms. The van der Waals surface area contributed by atoms with Gasteiger partial charge in [0.1, 0.15) is 5.01 Å². The molecule has 0 radical (unpaired) electrons. The monoisotopic (exact) mass is 245 g/mol. The predicted molar refractivity (Wildman–Crippen MR) is 70.8 cm³/mol. The lowest BCUT2D eigenvalue weighted by Gasteiger charge is -2.28. The Morgan fingerprint density at radius 3 is 3.12 bits per heavy atom. The smallest absolute Gasteiger partial charge is 0.107 e. The van der Waals surface area contributed by atoms with Crippen LogP contribution in [0.5, 0.6) is 0 Å². The average Bonchev–Trinajstić information content (AvgIpc) is 2.81. The molecule has 2 N–H and O–H groups in total. The van der Waals surface area contributed by atoms with Gasteiger partial charge in [0.15, 0.2) is 0 Å². The van der Waals surface area contributed by atoms with Gasteiger partial charge in [-0.05, 0) is 29.7 Å². The van der Waals surface area contributed by atoms with Crippen molar-refractivity contribution in [2.75, 3.05) is 12.3 Å². The SMILES string of the molecule is Nc1ccc2c(c1)CN(Cc1nccs1)CC2. The van der Waals surface area contributed by atoms with E-state index in [4.69, 9.17) is 5.73 Å². The van der Waals surface area contributed by atoms with E-state index in [1.165, 1.54) is 16.1 Å². The van der Waals surface area contributed by atoms with Crippen LogP contribution < -0.4 is 5.73 Å². The number of hydrogen-bond donors (Lipinski definition) is 1. The van der Waals surface area contributed by atoms with Crippen LogP contribution in [0.25, 0.3) is 0 Å². The topological polar surface area (TPSA) is 42.1 Å². The first-order valence-electron chi connectivity index (χ1n) is 5.79. The maximum Gasteiger partial charge on any atom is 0.107 e. The Morgan fingerprint density at radius 2 is 2.29 bits per heavy atom. The molecule has 4 heteroatoms. The summed E-state index contributed by atoms with van der Waals surface area (Å²) >= 11 is 1.72. The summed E-state index contributed by atoms with van der Waals surface area (Å²) in [5.41, 5.74) is 9.50. The molecule has 17 heavy (non-hydrogen) atoms. The highest BCUT2D eigenvalue weighted by Gasteiger charge is 2.16. The molecule has 0 fully saturated rings. The Hall–Kier alpha value is -1.39. The van der Waals surface area contributed by atoms with Gasteiger partial charge in [0.2, 0.25) is 0 Å². The van der Waals surface area contributed by atoms with Crippen LogP contribution in [0.3, 0.4) is 0 Å². The fraction of sp³-hybridized carbons (Fsp3) is 0.308.